The molecule has 0 radical (unpaired) electrons. The number of nitro groups is 1. The summed E-state index contributed by atoms with van der Waals surface area (Å²) >= 11 is 0. The molecule has 1 heterocycles. The summed E-state index contributed by atoms with van der Waals surface area (Å²) < 4.78 is 40.1. The number of anilines is 1. The highest BCUT2D eigenvalue weighted by atomic mass is 19.4. The zero-order valence-electron chi connectivity index (χ0n) is 8.40. The summed E-state index contributed by atoms with van der Waals surface area (Å²) in [5.74, 6) is -0.498. The van der Waals surface area contributed by atoms with Crippen LogP contribution in [-0.2, 0) is 0 Å². The maximum atomic E-state index is 11.8. The van der Waals surface area contributed by atoms with Gasteiger partial charge >= 0.3 is 6.18 Å². The van der Waals surface area contributed by atoms with Gasteiger partial charge in [-0.3, -0.25) is 10.1 Å². The summed E-state index contributed by atoms with van der Waals surface area (Å²) in [5.41, 5.74) is 4.85. The van der Waals surface area contributed by atoms with E-state index in [1.807, 2.05) is 0 Å². The number of nitrogen functional groups attached to an aromatic ring is 1. The van der Waals surface area contributed by atoms with Gasteiger partial charge in [-0.25, -0.2) is 0 Å². The van der Waals surface area contributed by atoms with E-state index in [9.17, 15) is 23.3 Å². The van der Waals surface area contributed by atoms with Gasteiger partial charge in [0.15, 0.2) is 0 Å². The quantitative estimate of drug-likeness (QED) is 0.651. The summed E-state index contributed by atoms with van der Waals surface area (Å²) in [6.07, 6.45) is -5.52. The van der Waals surface area contributed by atoms with Gasteiger partial charge in [-0.2, -0.15) is 18.2 Å². The molecule has 0 atom stereocenters. The average Bonchev–Trinajstić information content (AvgIpc) is 2.14. The molecule has 1 aromatic rings. The second kappa shape index (κ2) is 4.85. The number of halogens is 3. The predicted molar refractivity (Wildman–Crippen MR) is 51.5 cm³/mol. The van der Waals surface area contributed by atoms with Crippen molar-refractivity contribution in [1.82, 2.24) is 4.98 Å². The molecule has 0 aromatic carbocycles. The molecule has 0 bridgehead atoms. The highest BCUT2D eigenvalue weighted by Crippen LogP contribution is 2.22. The van der Waals surface area contributed by atoms with E-state index in [2.05, 4.69) is 9.72 Å². The zero-order chi connectivity index (χ0) is 13.1. The molecule has 0 aliphatic carbocycles. The van der Waals surface area contributed by atoms with E-state index in [1.165, 1.54) is 0 Å². The molecule has 1 rings (SSSR count). The topological polar surface area (TPSA) is 91.3 Å². The lowest BCUT2D eigenvalue weighted by molar-refractivity contribution is -0.384. The molecule has 0 unspecified atom stereocenters. The number of ether oxygens (including phenoxy) is 1. The largest absolute Gasteiger partial charge is 0.477 e. The first-order valence-corrected chi connectivity index (χ1v) is 4.39. The second-order valence-corrected chi connectivity index (χ2v) is 3.06. The molecule has 9 heteroatoms. The average molecular weight is 251 g/mol. The Morgan fingerprint density at radius 1 is 1.47 bits per heavy atom. The minimum Gasteiger partial charge on any atom is -0.477 e. The van der Waals surface area contributed by atoms with Crippen molar-refractivity contribution in [3.8, 4) is 5.88 Å². The van der Waals surface area contributed by atoms with E-state index >= 15 is 0 Å². The molecule has 94 valence electrons. The van der Waals surface area contributed by atoms with E-state index in [0.717, 1.165) is 12.1 Å². The lowest BCUT2D eigenvalue weighted by Gasteiger charge is -2.07. The Hall–Kier alpha value is -2.06. The van der Waals surface area contributed by atoms with Crippen LogP contribution in [0.5, 0.6) is 5.88 Å². The van der Waals surface area contributed by atoms with Crippen LogP contribution < -0.4 is 10.5 Å². The number of hydrogen-bond acceptors (Lipinski definition) is 5. The molecule has 0 spiro atoms. The number of alkyl halides is 3. The van der Waals surface area contributed by atoms with Crippen LogP contribution in [0.15, 0.2) is 12.1 Å². The van der Waals surface area contributed by atoms with Crippen molar-refractivity contribution in [3.63, 3.8) is 0 Å². The SMILES string of the molecule is Nc1cc([N+](=O)[O-])cc(OCCC(F)(F)F)n1. The maximum Gasteiger partial charge on any atom is 0.392 e. The number of rotatable bonds is 4. The maximum absolute atomic E-state index is 11.8. The molecule has 17 heavy (non-hydrogen) atoms. The third-order valence-corrected chi connectivity index (χ3v) is 1.65. The van der Waals surface area contributed by atoms with Crippen molar-refractivity contribution >= 4 is 11.5 Å². The molecular weight excluding hydrogens is 243 g/mol. The number of nitrogens with zero attached hydrogens (tertiary/aromatic N) is 2. The Morgan fingerprint density at radius 2 is 2.12 bits per heavy atom. The molecule has 0 saturated heterocycles. The summed E-state index contributed by atoms with van der Waals surface area (Å²) in [4.78, 5) is 13.2. The first-order chi connectivity index (χ1) is 7.78. The summed E-state index contributed by atoms with van der Waals surface area (Å²) in [6.45, 7) is -0.670. The van der Waals surface area contributed by atoms with Crippen LogP contribution in [0.3, 0.4) is 0 Å². The van der Waals surface area contributed by atoms with Gasteiger partial charge in [-0.15, -0.1) is 0 Å². The van der Waals surface area contributed by atoms with Crippen LogP contribution in [0.1, 0.15) is 6.42 Å². The minimum absolute atomic E-state index is 0.193. The Morgan fingerprint density at radius 3 is 2.65 bits per heavy atom. The summed E-state index contributed by atoms with van der Waals surface area (Å²) in [5, 5.41) is 10.4. The number of aromatic nitrogens is 1. The fourth-order valence-corrected chi connectivity index (χ4v) is 0.962. The predicted octanol–water partition coefficient (Wildman–Crippen LogP) is 1.90. The van der Waals surface area contributed by atoms with Gasteiger partial charge in [-0.1, -0.05) is 0 Å². The second-order valence-electron chi connectivity index (χ2n) is 3.06. The Balaban J connectivity index is 2.68. The van der Waals surface area contributed by atoms with Crippen molar-refractivity contribution in [2.45, 2.75) is 12.6 Å². The third-order valence-electron chi connectivity index (χ3n) is 1.65. The highest BCUT2D eigenvalue weighted by molar-refractivity contribution is 5.45. The number of nitrogens with two attached hydrogens (primary N) is 1. The van der Waals surface area contributed by atoms with Crippen molar-refractivity contribution in [2.24, 2.45) is 0 Å². The van der Waals surface area contributed by atoms with E-state index in [-0.39, 0.29) is 17.4 Å². The van der Waals surface area contributed by atoms with Crippen LogP contribution >= 0.6 is 0 Å². The smallest absolute Gasteiger partial charge is 0.392 e. The van der Waals surface area contributed by atoms with Gasteiger partial charge < -0.3 is 10.5 Å². The van der Waals surface area contributed by atoms with Crippen LogP contribution in [0.4, 0.5) is 24.7 Å². The molecule has 0 aliphatic rings. The first kappa shape index (κ1) is 13.0. The lowest BCUT2D eigenvalue weighted by Crippen LogP contribution is -2.13. The van der Waals surface area contributed by atoms with Crippen molar-refractivity contribution in [1.29, 1.82) is 0 Å². The van der Waals surface area contributed by atoms with E-state index in [4.69, 9.17) is 5.73 Å². The Labute approximate surface area is 93.3 Å². The number of pyridine rings is 1. The fourth-order valence-electron chi connectivity index (χ4n) is 0.962. The van der Waals surface area contributed by atoms with E-state index < -0.39 is 24.1 Å². The van der Waals surface area contributed by atoms with Gasteiger partial charge in [0, 0.05) is 0 Å². The van der Waals surface area contributed by atoms with Crippen LogP contribution in [0.2, 0.25) is 0 Å². The standard InChI is InChI=1S/C8H8F3N3O3/c9-8(10,11)1-2-17-7-4-5(14(15)16)3-6(12)13-7/h3-4H,1-2H2,(H2,12,13). The van der Waals surface area contributed by atoms with Gasteiger partial charge in [-0.05, 0) is 0 Å². The third kappa shape index (κ3) is 4.53. The van der Waals surface area contributed by atoms with Gasteiger partial charge in [0.25, 0.3) is 5.69 Å². The zero-order valence-corrected chi connectivity index (χ0v) is 8.40. The van der Waals surface area contributed by atoms with Crippen LogP contribution in [-0.4, -0.2) is 22.7 Å². The Kier molecular flexibility index (Phi) is 3.71. The molecule has 0 amide bonds. The first-order valence-electron chi connectivity index (χ1n) is 4.39. The molecule has 0 fully saturated rings. The summed E-state index contributed by atoms with van der Waals surface area (Å²) in [6, 6.07) is 1.89. The monoisotopic (exact) mass is 251 g/mol. The molecule has 0 saturated carbocycles. The van der Waals surface area contributed by atoms with Gasteiger partial charge in [0.05, 0.1) is 30.1 Å². The molecular formula is C8H8F3N3O3. The van der Waals surface area contributed by atoms with Crippen molar-refractivity contribution < 1.29 is 22.8 Å². The molecule has 2 N–H and O–H groups in total. The minimum atomic E-state index is -4.35. The van der Waals surface area contributed by atoms with Crippen LogP contribution in [0.25, 0.3) is 0 Å². The number of hydrogen-bond donors (Lipinski definition) is 1. The van der Waals surface area contributed by atoms with E-state index in [0.29, 0.717) is 0 Å². The van der Waals surface area contributed by atoms with Gasteiger partial charge in [0.2, 0.25) is 5.88 Å². The van der Waals surface area contributed by atoms with E-state index in [1.54, 1.807) is 0 Å². The summed E-state index contributed by atoms with van der Waals surface area (Å²) in [7, 11) is 0. The highest BCUT2D eigenvalue weighted by Gasteiger charge is 2.27. The molecule has 1 aromatic heterocycles. The van der Waals surface area contributed by atoms with Crippen LogP contribution in [0, 0.1) is 10.1 Å². The molecule has 0 aliphatic heterocycles. The van der Waals surface area contributed by atoms with Crippen molar-refractivity contribution in [3.05, 3.63) is 22.2 Å². The lowest BCUT2D eigenvalue weighted by atomic mass is 10.4. The van der Waals surface area contributed by atoms with Crippen molar-refractivity contribution in [2.75, 3.05) is 12.3 Å². The van der Waals surface area contributed by atoms with Gasteiger partial charge in [0.1, 0.15) is 5.82 Å². The fraction of sp³-hybridized carbons (Fsp3) is 0.375. The molecule has 6 nitrogen and oxygen atoms in total. The normalized spacial score (nSPS) is 11.2. The Bertz CT molecular complexity index is 422.